The lowest BCUT2D eigenvalue weighted by atomic mass is 10.0. The number of morpholine rings is 1. The molecule has 3 N–H and O–H groups in total. The number of amides is 4. The fraction of sp³-hybridized carbons (Fsp3) is 0.500. The average Bonchev–Trinajstić information content (AvgIpc) is 2.81. The molecule has 0 spiro atoms. The summed E-state index contributed by atoms with van der Waals surface area (Å²) >= 11 is 0. The highest BCUT2D eigenvalue weighted by atomic mass is 32.2. The molecule has 2 rings (SSSR count). The zero-order valence-corrected chi connectivity index (χ0v) is 19.4. The molecule has 33 heavy (non-hydrogen) atoms. The van der Waals surface area contributed by atoms with E-state index in [2.05, 4.69) is 10.6 Å². The van der Waals surface area contributed by atoms with Crippen molar-refractivity contribution in [1.82, 2.24) is 20.3 Å². The third kappa shape index (κ3) is 7.23. The molecule has 1 aromatic rings. The Hall–Kier alpha value is -3.03. The molecule has 12 nitrogen and oxygen atoms in total. The van der Waals surface area contributed by atoms with Gasteiger partial charge in [0.1, 0.15) is 6.04 Å². The first-order chi connectivity index (χ1) is 15.6. The first-order valence-electron chi connectivity index (χ1n) is 10.2. The molecule has 1 aliphatic rings. The van der Waals surface area contributed by atoms with Crippen molar-refractivity contribution in [3.05, 3.63) is 29.8 Å². The minimum absolute atomic E-state index is 0.0418. The van der Waals surface area contributed by atoms with Crippen LogP contribution >= 0.6 is 0 Å². The lowest BCUT2D eigenvalue weighted by Crippen LogP contribution is -2.47. The van der Waals surface area contributed by atoms with Crippen LogP contribution in [-0.2, 0) is 29.1 Å². The molecule has 0 radical (unpaired) electrons. The summed E-state index contributed by atoms with van der Waals surface area (Å²) in [6.45, 7) is 3.63. The second-order valence-corrected chi connectivity index (χ2v) is 9.41. The Labute approximate surface area is 192 Å². The second-order valence-electron chi connectivity index (χ2n) is 7.47. The molecule has 1 heterocycles. The highest BCUT2D eigenvalue weighted by molar-refractivity contribution is 7.89. The SMILES string of the molecule is CNC(=O)NC(=O)COC(=O)[C@H](NC(=O)c1cccc(S(=O)(=O)N2CCOCC2)c1)C(C)C. The summed E-state index contributed by atoms with van der Waals surface area (Å²) in [5, 5.41) is 6.64. The third-order valence-electron chi connectivity index (χ3n) is 4.74. The van der Waals surface area contributed by atoms with E-state index in [-0.39, 0.29) is 23.5 Å². The largest absolute Gasteiger partial charge is 0.454 e. The van der Waals surface area contributed by atoms with Crippen LogP contribution in [-0.4, -0.2) is 82.5 Å². The number of rotatable bonds is 8. The van der Waals surface area contributed by atoms with Gasteiger partial charge in [-0.15, -0.1) is 0 Å². The number of nitrogens with zero attached hydrogens (tertiary/aromatic N) is 1. The number of hydrogen-bond acceptors (Lipinski definition) is 8. The van der Waals surface area contributed by atoms with E-state index in [0.717, 1.165) is 0 Å². The molecule has 0 aromatic heterocycles. The van der Waals surface area contributed by atoms with Gasteiger partial charge in [-0.05, 0) is 24.1 Å². The molecule has 0 saturated carbocycles. The normalized spacial score (nSPS) is 15.4. The highest BCUT2D eigenvalue weighted by Crippen LogP contribution is 2.19. The van der Waals surface area contributed by atoms with Crippen molar-refractivity contribution >= 4 is 33.8 Å². The van der Waals surface area contributed by atoms with Crippen molar-refractivity contribution in [3.63, 3.8) is 0 Å². The summed E-state index contributed by atoms with van der Waals surface area (Å²) in [6, 6.07) is 3.63. The van der Waals surface area contributed by atoms with E-state index in [1.165, 1.54) is 35.6 Å². The van der Waals surface area contributed by atoms with Gasteiger partial charge in [0.25, 0.3) is 11.8 Å². The quantitative estimate of drug-likeness (QED) is 0.415. The van der Waals surface area contributed by atoms with Crippen LogP contribution in [0.4, 0.5) is 4.79 Å². The van der Waals surface area contributed by atoms with Crippen LogP contribution in [0, 0.1) is 5.92 Å². The predicted molar refractivity (Wildman–Crippen MR) is 116 cm³/mol. The van der Waals surface area contributed by atoms with Crippen molar-refractivity contribution in [1.29, 1.82) is 0 Å². The van der Waals surface area contributed by atoms with Crippen LogP contribution in [0.5, 0.6) is 0 Å². The Bertz CT molecular complexity index is 990. The molecule has 0 bridgehead atoms. The summed E-state index contributed by atoms with van der Waals surface area (Å²) in [5.41, 5.74) is 0.0418. The van der Waals surface area contributed by atoms with Gasteiger partial charge in [0.15, 0.2) is 6.61 Å². The van der Waals surface area contributed by atoms with Crippen LogP contribution < -0.4 is 16.0 Å². The maximum atomic E-state index is 12.8. The first kappa shape index (κ1) is 26.2. The maximum absolute atomic E-state index is 12.8. The molecule has 0 unspecified atom stereocenters. The Balaban J connectivity index is 2.08. The third-order valence-corrected chi connectivity index (χ3v) is 6.63. The fourth-order valence-electron chi connectivity index (χ4n) is 2.91. The minimum Gasteiger partial charge on any atom is -0.454 e. The number of carbonyl (C=O) groups is 4. The number of hydrogen-bond donors (Lipinski definition) is 3. The number of esters is 1. The zero-order chi connectivity index (χ0) is 24.6. The van der Waals surface area contributed by atoms with Gasteiger partial charge in [0.05, 0.1) is 18.1 Å². The lowest BCUT2D eigenvalue weighted by Gasteiger charge is -2.26. The van der Waals surface area contributed by atoms with E-state index in [1.54, 1.807) is 13.8 Å². The van der Waals surface area contributed by atoms with E-state index >= 15 is 0 Å². The van der Waals surface area contributed by atoms with Gasteiger partial charge in [-0.2, -0.15) is 4.31 Å². The number of imide groups is 1. The molecule has 1 saturated heterocycles. The smallest absolute Gasteiger partial charge is 0.329 e. The van der Waals surface area contributed by atoms with Crippen molar-refractivity contribution in [2.24, 2.45) is 5.92 Å². The van der Waals surface area contributed by atoms with E-state index in [9.17, 15) is 27.6 Å². The summed E-state index contributed by atoms with van der Waals surface area (Å²) in [5.74, 6) is -2.79. The van der Waals surface area contributed by atoms with E-state index < -0.39 is 52.4 Å². The number of carbonyl (C=O) groups excluding carboxylic acids is 4. The molecule has 4 amide bonds. The number of ether oxygens (including phenoxy) is 2. The molecular formula is C20H28N4O8S. The molecule has 1 aliphatic heterocycles. The van der Waals surface area contributed by atoms with Gasteiger partial charge in [-0.3, -0.25) is 14.9 Å². The van der Waals surface area contributed by atoms with Crippen LogP contribution in [0.25, 0.3) is 0 Å². The number of benzene rings is 1. The van der Waals surface area contributed by atoms with Gasteiger partial charge in [-0.25, -0.2) is 18.0 Å². The van der Waals surface area contributed by atoms with Crippen LogP contribution in [0.2, 0.25) is 0 Å². The summed E-state index contributed by atoms with van der Waals surface area (Å²) in [7, 11) is -2.49. The zero-order valence-electron chi connectivity index (χ0n) is 18.6. The Morgan fingerprint density at radius 2 is 1.82 bits per heavy atom. The summed E-state index contributed by atoms with van der Waals surface area (Å²) in [6.07, 6.45) is 0. The predicted octanol–water partition coefficient (Wildman–Crippen LogP) is -0.539. The highest BCUT2D eigenvalue weighted by Gasteiger charge is 2.29. The minimum atomic E-state index is -3.80. The monoisotopic (exact) mass is 484 g/mol. The summed E-state index contributed by atoms with van der Waals surface area (Å²) in [4.78, 5) is 47.9. The van der Waals surface area contributed by atoms with E-state index in [1.807, 2.05) is 5.32 Å². The van der Waals surface area contributed by atoms with Gasteiger partial charge in [-0.1, -0.05) is 19.9 Å². The van der Waals surface area contributed by atoms with Crippen molar-refractivity contribution < 1.29 is 37.1 Å². The molecular weight excluding hydrogens is 456 g/mol. The van der Waals surface area contributed by atoms with Crippen molar-refractivity contribution in [2.75, 3.05) is 40.0 Å². The van der Waals surface area contributed by atoms with Gasteiger partial charge in [0.2, 0.25) is 10.0 Å². The maximum Gasteiger partial charge on any atom is 0.329 e. The Morgan fingerprint density at radius 1 is 1.15 bits per heavy atom. The van der Waals surface area contributed by atoms with Crippen molar-refractivity contribution in [2.45, 2.75) is 24.8 Å². The molecule has 1 fully saturated rings. The van der Waals surface area contributed by atoms with E-state index in [4.69, 9.17) is 9.47 Å². The van der Waals surface area contributed by atoms with Gasteiger partial charge in [0, 0.05) is 25.7 Å². The molecule has 1 aromatic carbocycles. The average molecular weight is 485 g/mol. The molecule has 13 heteroatoms. The topological polar surface area (TPSA) is 160 Å². The first-order valence-corrected chi connectivity index (χ1v) is 11.7. The van der Waals surface area contributed by atoms with E-state index in [0.29, 0.717) is 13.2 Å². The second kappa shape index (κ2) is 11.7. The van der Waals surface area contributed by atoms with Crippen LogP contribution in [0.3, 0.4) is 0 Å². The van der Waals surface area contributed by atoms with Crippen LogP contribution in [0.1, 0.15) is 24.2 Å². The molecule has 182 valence electrons. The molecule has 0 aliphatic carbocycles. The van der Waals surface area contributed by atoms with Gasteiger partial charge < -0.3 is 20.1 Å². The lowest BCUT2D eigenvalue weighted by molar-refractivity contribution is -0.151. The van der Waals surface area contributed by atoms with Crippen molar-refractivity contribution in [3.8, 4) is 0 Å². The Morgan fingerprint density at radius 3 is 2.42 bits per heavy atom. The number of nitrogens with one attached hydrogen (secondary N) is 3. The Kier molecular flexibility index (Phi) is 9.32. The summed E-state index contributed by atoms with van der Waals surface area (Å²) < 4.78 is 37.1. The number of urea groups is 1. The van der Waals surface area contributed by atoms with Crippen LogP contribution in [0.15, 0.2) is 29.2 Å². The van der Waals surface area contributed by atoms with Gasteiger partial charge >= 0.3 is 12.0 Å². The fourth-order valence-corrected chi connectivity index (χ4v) is 4.36. The standard InChI is InChI=1S/C20H28N4O8S/c1-13(2)17(19(27)32-12-16(25)22-20(28)21-3)23-18(26)14-5-4-6-15(11-14)33(29,30)24-7-9-31-10-8-24/h4-6,11,13,17H,7-10,12H2,1-3H3,(H,23,26)(H2,21,22,25,28)/t17-/m1/s1. The number of sulfonamides is 1. The molecule has 1 atom stereocenters.